The van der Waals surface area contributed by atoms with E-state index in [2.05, 4.69) is 44.8 Å². The monoisotopic (exact) mass is 163 g/mol. The van der Waals surface area contributed by atoms with Gasteiger partial charge in [-0.3, -0.25) is 4.98 Å². The van der Waals surface area contributed by atoms with Gasteiger partial charge in [0.25, 0.3) is 0 Å². The molecular formula is C11H17N. The second kappa shape index (κ2) is 3.70. The molecule has 0 bridgehead atoms. The molecule has 0 N–H and O–H groups in total. The van der Waals surface area contributed by atoms with Crippen LogP contribution in [0.1, 0.15) is 43.6 Å². The second-order valence-corrected chi connectivity index (χ2v) is 3.51. The van der Waals surface area contributed by atoms with Crippen LogP contribution in [-0.2, 0) is 6.42 Å². The molecule has 0 atom stereocenters. The molecule has 1 nitrogen and oxygen atoms in total. The number of pyridine rings is 1. The van der Waals surface area contributed by atoms with Gasteiger partial charge in [-0.05, 0) is 30.9 Å². The molecule has 0 aliphatic heterocycles. The summed E-state index contributed by atoms with van der Waals surface area (Å²) < 4.78 is 0. The third-order valence-electron chi connectivity index (χ3n) is 2.10. The molecule has 1 aromatic rings. The molecule has 0 fully saturated rings. The highest BCUT2D eigenvalue weighted by molar-refractivity contribution is 5.23. The van der Waals surface area contributed by atoms with E-state index in [9.17, 15) is 0 Å². The lowest BCUT2D eigenvalue weighted by molar-refractivity contribution is 0.796. The molecule has 0 saturated carbocycles. The van der Waals surface area contributed by atoms with E-state index in [1.165, 1.54) is 17.0 Å². The minimum atomic E-state index is 0.538. The zero-order chi connectivity index (χ0) is 9.14. The van der Waals surface area contributed by atoms with Crippen LogP contribution in [0.3, 0.4) is 0 Å². The van der Waals surface area contributed by atoms with E-state index in [1.54, 1.807) is 0 Å². The summed E-state index contributed by atoms with van der Waals surface area (Å²) in [5.41, 5.74) is 3.75. The van der Waals surface area contributed by atoms with Crippen LogP contribution in [0.25, 0.3) is 0 Å². The molecule has 1 heteroatoms. The Hall–Kier alpha value is -0.850. The first-order valence-electron chi connectivity index (χ1n) is 4.61. The van der Waals surface area contributed by atoms with Gasteiger partial charge in [-0.1, -0.05) is 26.8 Å². The summed E-state index contributed by atoms with van der Waals surface area (Å²) in [5.74, 6) is 0.538. The molecule has 0 spiro atoms. The highest BCUT2D eigenvalue weighted by Crippen LogP contribution is 2.16. The predicted octanol–water partition coefficient (Wildman–Crippen LogP) is 3.08. The molecule has 0 aliphatic rings. The second-order valence-electron chi connectivity index (χ2n) is 3.51. The summed E-state index contributed by atoms with van der Waals surface area (Å²) in [4.78, 5) is 4.59. The van der Waals surface area contributed by atoms with E-state index in [0.29, 0.717) is 5.92 Å². The summed E-state index contributed by atoms with van der Waals surface area (Å²) in [6.07, 6.45) is 1.03. The number of hydrogen-bond donors (Lipinski definition) is 0. The normalized spacial score (nSPS) is 10.8. The summed E-state index contributed by atoms with van der Waals surface area (Å²) in [7, 11) is 0. The van der Waals surface area contributed by atoms with Crippen LogP contribution in [0.15, 0.2) is 12.1 Å². The molecule has 0 aliphatic carbocycles. The van der Waals surface area contributed by atoms with Crippen molar-refractivity contribution in [1.29, 1.82) is 0 Å². The average Bonchev–Trinajstić information content (AvgIpc) is 2.05. The van der Waals surface area contributed by atoms with Crippen molar-refractivity contribution in [1.82, 2.24) is 4.98 Å². The van der Waals surface area contributed by atoms with Crippen LogP contribution in [-0.4, -0.2) is 4.98 Å². The zero-order valence-electron chi connectivity index (χ0n) is 8.39. The topological polar surface area (TPSA) is 12.9 Å². The smallest absolute Gasteiger partial charge is 0.0461 e. The summed E-state index contributed by atoms with van der Waals surface area (Å²) in [6, 6.07) is 4.28. The molecule has 1 aromatic heterocycles. The van der Waals surface area contributed by atoms with Crippen molar-refractivity contribution < 1.29 is 0 Å². The fraction of sp³-hybridized carbons (Fsp3) is 0.545. The maximum atomic E-state index is 4.59. The lowest BCUT2D eigenvalue weighted by Crippen LogP contribution is -1.99. The van der Waals surface area contributed by atoms with Gasteiger partial charge in [-0.15, -0.1) is 0 Å². The third kappa shape index (κ3) is 1.84. The fourth-order valence-electron chi connectivity index (χ4n) is 1.37. The molecular weight excluding hydrogens is 146 g/mol. The number of aryl methyl sites for hydroxylation is 2. The van der Waals surface area contributed by atoms with Gasteiger partial charge in [0.2, 0.25) is 0 Å². The van der Waals surface area contributed by atoms with Gasteiger partial charge in [-0.25, -0.2) is 0 Å². The molecule has 0 radical (unpaired) electrons. The van der Waals surface area contributed by atoms with Crippen LogP contribution in [0.5, 0.6) is 0 Å². The quantitative estimate of drug-likeness (QED) is 0.653. The minimum Gasteiger partial charge on any atom is -0.257 e. The van der Waals surface area contributed by atoms with E-state index >= 15 is 0 Å². The van der Waals surface area contributed by atoms with E-state index in [1.807, 2.05) is 0 Å². The molecule has 1 rings (SSSR count). The molecule has 66 valence electrons. The lowest BCUT2D eigenvalue weighted by Gasteiger charge is -2.09. The van der Waals surface area contributed by atoms with Crippen LogP contribution in [0, 0.1) is 6.92 Å². The van der Waals surface area contributed by atoms with Crippen LogP contribution < -0.4 is 0 Å². The highest BCUT2D eigenvalue weighted by atomic mass is 14.7. The first kappa shape index (κ1) is 9.24. The minimum absolute atomic E-state index is 0.538. The zero-order valence-corrected chi connectivity index (χ0v) is 8.39. The standard InChI is InChI=1S/C11H17N/c1-5-10-7-6-9(4)11(12-10)8(2)3/h6-8H,5H2,1-4H3. The summed E-state index contributed by atoms with van der Waals surface area (Å²) in [6.45, 7) is 8.65. The van der Waals surface area contributed by atoms with Crippen LogP contribution >= 0.6 is 0 Å². The Kier molecular flexibility index (Phi) is 2.85. The van der Waals surface area contributed by atoms with E-state index in [-0.39, 0.29) is 0 Å². The van der Waals surface area contributed by atoms with Gasteiger partial charge < -0.3 is 0 Å². The maximum Gasteiger partial charge on any atom is 0.0461 e. The predicted molar refractivity (Wildman–Crippen MR) is 52.4 cm³/mol. The van der Waals surface area contributed by atoms with Crippen LogP contribution in [0.4, 0.5) is 0 Å². The van der Waals surface area contributed by atoms with E-state index in [0.717, 1.165) is 6.42 Å². The Morgan fingerprint density at radius 2 is 2.00 bits per heavy atom. The third-order valence-corrected chi connectivity index (χ3v) is 2.10. The highest BCUT2D eigenvalue weighted by Gasteiger charge is 2.04. The molecule has 0 amide bonds. The Morgan fingerprint density at radius 1 is 1.33 bits per heavy atom. The number of nitrogens with zero attached hydrogens (tertiary/aromatic N) is 1. The van der Waals surface area contributed by atoms with Gasteiger partial charge in [0, 0.05) is 11.4 Å². The van der Waals surface area contributed by atoms with Crippen molar-refractivity contribution in [3.63, 3.8) is 0 Å². The maximum absolute atomic E-state index is 4.59. The number of aromatic nitrogens is 1. The lowest BCUT2D eigenvalue weighted by atomic mass is 10.0. The molecule has 1 heterocycles. The first-order chi connectivity index (χ1) is 5.65. The van der Waals surface area contributed by atoms with Gasteiger partial charge in [0.1, 0.15) is 0 Å². The van der Waals surface area contributed by atoms with E-state index in [4.69, 9.17) is 0 Å². The van der Waals surface area contributed by atoms with Crippen molar-refractivity contribution in [3.05, 3.63) is 29.1 Å². The van der Waals surface area contributed by atoms with Crippen molar-refractivity contribution in [2.75, 3.05) is 0 Å². The van der Waals surface area contributed by atoms with Crippen molar-refractivity contribution >= 4 is 0 Å². The van der Waals surface area contributed by atoms with Gasteiger partial charge in [0.05, 0.1) is 0 Å². The summed E-state index contributed by atoms with van der Waals surface area (Å²) in [5, 5.41) is 0. The Bertz CT molecular complexity index is 264. The average molecular weight is 163 g/mol. The van der Waals surface area contributed by atoms with E-state index < -0.39 is 0 Å². The number of rotatable bonds is 2. The molecule has 12 heavy (non-hydrogen) atoms. The SMILES string of the molecule is CCc1ccc(C)c(C(C)C)n1. The largest absolute Gasteiger partial charge is 0.257 e. The first-order valence-corrected chi connectivity index (χ1v) is 4.61. The molecule has 0 aromatic carbocycles. The fourth-order valence-corrected chi connectivity index (χ4v) is 1.37. The Morgan fingerprint density at radius 3 is 2.50 bits per heavy atom. The van der Waals surface area contributed by atoms with Crippen LogP contribution in [0.2, 0.25) is 0 Å². The molecule has 0 unspecified atom stereocenters. The van der Waals surface area contributed by atoms with Crippen molar-refractivity contribution in [3.8, 4) is 0 Å². The molecule has 0 saturated heterocycles. The van der Waals surface area contributed by atoms with Gasteiger partial charge in [-0.2, -0.15) is 0 Å². The summed E-state index contributed by atoms with van der Waals surface area (Å²) >= 11 is 0. The van der Waals surface area contributed by atoms with Gasteiger partial charge in [0.15, 0.2) is 0 Å². The number of hydrogen-bond acceptors (Lipinski definition) is 1. The Labute approximate surface area is 74.8 Å². The van der Waals surface area contributed by atoms with Crippen molar-refractivity contribution in [2.24, 2.45) is 0 Å². The van der Waals surface area contributed by atoms with Gasteiger partial charge >= 0.3 is 0 Å². The van der Waals surface area contributed by atoms with Crippen molar-refractivity contribution in [2.45, 2.75) is 40.0 Å². The Balaban J connectivity index is 3.08.